The van der Waals surface area contributed by atoms with Crippen molar-refractivity contribution < 1.29 is 4.79 Å². The molecule has 0 unspecified atom stereocenters. The highest BCUT2D eigenvalue weighted by molar-refractivity contribution is 6.30. The third-order valence-electron chi connectivity index (χ3n) is 3.85. The SMILES string of the molecule is N#CC(=Cc1cccc2ccccc12)C(=O)NCc1ccc(Cl)cc1. The van der Waals surface area contributed by atoms with Crippen LogP contribution in [0.4, 0.5) is 0 Å². The number of nitrogens with zero attached hydrogens (tertiary/aromatic N) is 1. The van der Waals surface area contributed by atoms with E-state index < -0.39 is 5.91 Å². The molecule has 122 valence electrons. The van der Waals surface area contributed by atoms with Gasteiger partial charge in [0.25, 0.3) is 5.91 Å². The minimum atomic E-state index is -0.398. The zero-order valence-electron chi connectivity index (χ0n) is 13.4. The van der Waals surface area contributed by atoms with Crippen LogP contribution in [-0.4, -0.2) is 5.91 Å². The molecule has 25 heavy (non-hydrogen) atoms. The van der Waals surface area contributed by atoms with Crippen molar-refractivity contribution in [3.63, 3.8) is 0 Å². The number of benzene rings is 3. The molecule has 0 saturated carbocycles. The van der Waals surface area contributed by atoms with Crippen LogP contribution in [0, 0.1) is 11.3 Å². The van der Waals surface area contributed by atoms with E-state index in [1.807, 2.05) is 60.7 Å². The number of halogens is 1. The molecule has 0 atom stereocenters. The van der Waals surface area contributed by atoms with Crippen LogP contribution in [-0.2, 0) is 11.3 Å². The molecule has 0 aromatic heterocycles. The van der Waals surface area contributed by atoms with Crippen molar-refractivity contribution in [3.8, 4) is 6.07 Å². The van der Waals surface area contributed by atoms with Crippen molar-refractivity contribution in [3.05, 3.63) is 88.5 Å². The number of nitrogens with one attached hydrogen (secondary N) is 1. The van der Waals surface area contributed by atoms with Gasteiger partial charge in [-0.15, -0.1) is 0 Å². The fourth-order valence-electron chi connectivity index (χ4n) is 2.56. The van der Waals surface area contributed by atoms with Crippen LogP contribution in [0.25, 0.3) is 16.8 Å². The average molecular weight is 347 g/mol. The predicted octanol–water partition coefficient (Wildman–Crippen LogP) is 4.72. The maximum absolute atomic E-state index is 12.3. The highest BCUT2D eigenvalue weighted by Crippen LogP contribution is 2.21. The fraction of sp³-hybridized carbons (Fsp3) is 0.0476. The van der Waals surface area contributed by atoms with Gasteiger partial charge in [-0.25, -0.2) is 0 Å². The number of fused-ring (bicyclic) bond motifs is 1. The Labute approximate surface area is 151 Å². The van der Waals surface area contributed by atoms with Gasteiger partial charge in [0, 0.05) is 11.6 Å². The molecule has 3 nitrogen and oxygen atoms in total. The number of hydrogen-bond acceptors (Lipinski definition) is 2. The van der Waals surface area contributed by atoms with Gasteiger partial charge in [0.05, 0.1) is 0 Å². The number of hydrogen-bond donors (Lipinski definition) is 1. The molecule has 0 aliphatic rings. The molecule has 3 aromatic rings. The summed E-state index contributed by atoms with van der Waals surface area (Å²) < 4.78 is 0. The van der Waals surface area contributed by atoms with Gasteiger partial charge < -0.3 is 5.32 Å². The van der Waals surface area contributed by atoms with Gasteiger partial charge >= 0.3 is 0 Å². The van der Waals surface area contributed by atoms with E-state index in [1.165, 1.54) is 0 Å². The van der Waals surface area contributed by atoms with Crippen LogP contribution in [0.5, 0.6) is 0 Å². The number of amides is 1. The Bertz CT molecular complexity index is 979. The number of nitriles is 1. The van der Waals surface area contributed by atoms with Crippen molar-refractivity contribution in [2.75, 3.05) is 0 Å². The van der Waals surface area contributed by atoms with Gasteiger partial charge in [-0.1, -0.05) is 66.2 Å². The molecule has 0 aliphatic carbocycles. The van der Waals surface area contributed by atoms with Gasteiger partial charge in [-0.3, -0.25) is 4.79 Å². The summed E-state index contributed by atoms with van der Waals surface area (Å²) in [6.07, 6.45) is 1.62. The highest BCUT2D eigenvalue weighted by atomic mass is 35.5. The fourth-order valence-corrected chi connectivity index (χ4v) is 2.69. The predicted molar refractivity (Wildman–Crippen MR) is 101 cm³/mol. The van der Waals surface area contributed by atoms with Gasteiger partial charge in [0.2, 0.25) is 0 Å². The van der Waals surface area contributed by atoms with Gasteiger partial charge in [0.1, 0.15) is 11.6 Å². The first-order chi connectivity index (χ1) is 12.2. The number of carbonyl (C=O) groups excluding carboxylic acids is 1. The normalized spacial score (nSPS) is 11.1. The van der Waals surface area contributed by atoms with Crippen molar-refractivity contribution >= 4 is 34.4 Å². The second-order valence-electron chi connectivity index (χ2n) is 5.55. The molecule has 3 rings (SSSR count). The molecule has 0 saturated heterocycles. The quantitative estimate of drug-likeness (QED) is 0.549. The Kier molecular flexibility index (Phi) is 5.13. The lowest BCUT2D eigenvalue weighted by atomic mass is 10.0. The van der Waals surface area contributed by atoms with Crippen molar-refractivity contribution in [1.29, 1.82) is 5.26 Å². The molecule has 0 aliphatic heterocycles. The van der Waals surface area contributed by atoms with Gasteiger partial charge in [0.15, 0.2) is 0 Å². The van der Waals surface area contributed by atoms with Crippen LogP contribution in [0.15, 0.2) is 72.3 Å². The second-order valence-corrected chi connectivity index (χ2v) is 5.98. The molecule has 0 bridgehead atoms. The van der Waals surface area contributed by atoms with Crippen molar-refractivity contribution in [1.82, 2.24) is 5.32 Å². The lowest BCUT2D eigenvalue weighted by Crippen LogP contribution is -2.23. The topological polar surface area (TPSA) is 52.9 Å². The summed E-state index contributed by atoms with van der Waals surface area (Å²) in [6, 6.07) is 22.9. The molecule has 3 aromatic carbocycles. The first kappa shape index (κ1) is 16.8. The third-order valence-corrected chi connectivity index (χ3v) is 4.11. The van der Waals surface area contributed by atoms with E-state index in [0.717, 1.165) is 21.9 Å². The summed E-state index contributed by atoms with van der Waals surface area (Å²) >= 11 is 5.85. The molecule has 0 heterocycles. The van der Waals surface area contributed by atoms with Crippen LogP contribution >= 0.6 is 11.6 Å². The maximum atomic E-state index is 12.3. The van der Waals surface area contributed by atoms with Crippen LogP contribution < -0.4 is 5.32 Å². The van der Waals surface area contributed by atoms with Gasteiger partial charge in [-0.2, -0.15) is 5.26 Å². The first-order valence-electron chi connectivity index (χ1n) is 7.79. The summed E-state index contributed by atoms with van der Waals surface area (Å²) in [7, 11) is 0. The molecule has 0 radical (unpaired) electrons. The first-order valence-corrected chi connectivity index (χ1v) is 8.17. The monoisotopic (exact) mass is 346 g/mol. The van der Waals surface area contributed by atoms with E-state index in [0.29, 0.717) is 11.6 Å². The average Bonchev–Trinajstić information content (AvgIpc) is 2.65. The lowest BCUT2D eigenvalue weighted by molar-refractivity contribution is -0.117. The molecule has 1 amide bonds. The molecular weight excluding hydrogens is 332 g/mol. The Balaban J connectivity index is 1.81. The third kappa shape index (κ3) is 4.06. The lowest BCUT2D eigenvalue weighted by Gasteiger charge is -2.06. The second kappa shape index (κ2) is 7.65. The van der Waals surface area contributed by atoms with Crippen molar-refractivity contribution in [2.24, 2.45) is 0 Å². The summed E-state index contributed by atoms with van der Waals surface area (Å²) in [4.78, 5) is 12.3. The minimum absolute atomic E-state index is 0.0744. The summed E-state index contributed by atoms with van der Waals surface area (Å²) in [5.74, 6) is -0.398. The van der Waals surface area contributed by atoms with Gasteiger partial charge in [-0.05, 0) is 40.1 Å². The summed E-state index contributed by atoms with van der Waals surface area (Å²) in [5.41, 5.74) is 1.84. The number of rotatable bonds is 4. The standard InChI is InChI=1S/C21H15ClN2O/c22-19-10-8-15(9-11-19)14-24-21(25)18(13-23)12-17-6-3-5-16-4-1-2-7-20(16)17/h1-12H,14H2,(H,24,25). The summed E-state index contributed by atoms with van der Waals surface area (Å²) in [5, 5.41) is 14.8. The molecule has 0 spiro atoms. The van der Waals surface area contributed by atoms with E-state index in [-0.39, 0.29) is 5.57 Å². The smallest absolute Gasteiger partial charge is 0.262 e. The van der Waals surface area contributed by atoms with Crippen LogP contribution in [0.1, 0.15) is 11.1 Å². The Hall–Kier alpha value is -3.09. The van der Waals surface area contributed by atoms with Crippen molar-refractivity contribution in [2.45, 2.75) is 6.54 Å². The van der Waals surface area contributed by atoms with Crippen LogP contribution in [0.3, 0.4) is 0 Å². The largest absolute Gasteiger partial charge is 0.347 e. The maximum Gasteiger partial charge on any atom is 0.262 e. The Morgan fingerprint density at radius 1 is 1.04 bits per heavy atom. The van der Waals surface area contributed by atoms with E-state index in [9.17, 15) is 10.1 Å². The van der Waals surface area contributed by atoms with E-state index >= 15 is 0 Å². The molecular formula is C21H15ClN2O. The molecule has 0 fully saturated rings. The Morgan fingerprint density at radius 2 is 1.76 bits per heavy atom. The van der Waals surface area contributed by atoms with E-state index in [1.54, 1.807) is 18.2 Å². The number of carbonyl (C=O) groups is 1. The highest BCUT2D eigenvalue weighted by Gasteiger charge is 2.09. The van der Waals surface area contributed by atoms with E-state index in [2.05, 4.69) is 5.32 Å². The van der Waals surface area contributed by atoms with E-state index in [4.69, 9.17) is 11.6 Å². The summed E-state index contributed by atoms with van der Waals surface area (Å²) in [6.45, 7) is 0.338. The minimum Gasteiger partial charge on any atom is -0.347 e. The van der Waals surface area contributed by atoms with Crippen LogP contribution in [0.2, 0.25) is 5.02 Å². The Morgan fingerprint density at radius 3 is 2.52 bits per heavy atom. The zero-order valence-corrected chi connectivity index (χ0v) is 14.1. The molecule has 4 heteroatoms. The molecule has 1 N–H and O–H groups in total. The zero-order chi connectivity index (χ0) is 17.6.